The number of anilines is 2. The topological polar surface area (TPSA) is 67.2 Å². The molecule has 0 saturated carbocycles. The summed E-state index contributed by atoms with van der Waals surface area (Å²) in [5.41, 5.74) is 5.68. The zero-order valence-electron chi connectivity index (χ0n) is 19.1. The highest BCUT2D eigenvalue weighted by atomic mass is 16.2. The smallest absolute Gasteiger partial charge is 0.230 e. The van der Waals surface area contributed by atoms with E-state index in [4.69, 9.17) is 0 Å². The number of nitrogens with zero attached hydrogens (tertiary/aromatic N) is 6. The van der Waals surface area contributed by atoms with Crippen LogP contribution in [0, 0.1) is 26.7 Å². The van der Waals surface area contributed by atoms with Crippen LogP contribution >= 0.6 is 0 Å². The molecule has 0 radical (unpaired) electrons. The Morgan fingerprint density at radius 1 is 0.938 bits per heavy atom. The van der Waals surface area contributed by atoms with Crippen LogP contribution in [0.5, 0.6) is 0 Å². The highest BCUT2D eigenvalue weighted by Crippen LogP contribution is 2.31. The maximum Gasteiger partial charge on any atom is 0.230 e. The van der Waals surface area contributed by atoms with Crippen molar-refractivity contribution in [1.82, 2.24) is 20.0 Å². The van der Waals surface area contributed by atoms with Gasteiger partial charge >= 0.3 is 0 Å². The van der Waals surface area contributed by atoms with Crippen molar-refractivity contribution in [1.29, 1.82) is 0 Å². The summed E-state index contributed by atoms with van der Waals surface area (Å²) in [5, 5.41) is 13.3. The van der Waals surface area contributed by atoms with E-state index >= 15 is 0 Å². The highest BCUT2D eigenvalue weighted by Gasteiger charge is 2.31. The van der Waals surface area contributed by atoms with Crippen molar-refractivity contribution in [3.63, 3.8) is 0 Å². The van der Waals surface area contributed by atoms with E-state index in [0.717, 1.165) is 74.0 Å². The first-order valence-corrected chi connectivity index (χ1v) is 11.5. The zero-order chi connectivity index (χ0) is 22.2. The van der Waals surface area contributed by atoms with Gasteiger partial charge in [0.25, 0.3) is 0 Å². The van der Waals surface area contributed by atoms with Gasteiger partial charge in [0, 0.05) is 36.9 Å². The molecule has 0 bridgehead atoms. The van der Waals surface area contributed by atoms with E-state index < -0.39 is 0 Å². The molecule has 3 aromatic rings. The lowest BCUT2D eigenvalue weighted by molar-refractivity contribution is -0.123. The maximum absolute atomic E-state index is 13.3. The molecule has 2 aromatic heterocycles. The Hall–Kier alpha value is -3.22. The van der Waals surface area contributed by atoms with Crippen molar-refractivity contribution in [2.45, 2.75) is 46.5 Å². The largest absolute Gasteiger partial charge is 0.355 e. The van der Waals surface area contributed by atoms with Gasteiger partial charge < -0.3 is 9.80 Å². The van der Waals surface area contributed by atoms with Crippen molar-refractivity contribution < 1.29 is 4.79 Å². The lowest BCUT2D eigenvalue weighted by Gasteiger charge is -2.36. The van der Waals surface area contributed by atoms with E-state index in [1.54, 1.807) is 0 Å². The van der Waals surface area contributed by atoms with E-state index in [0.29, 0.717) is 0 Å². The van der Waals surface area contributed by atoms with Gasteiger partial charge in [-0.3, -0.25) is 4.79 Å². The zero-order valence-corrected chi connectivity index (χ0v) is 19.1. The Kier molecular flexibility index (Phi) is 5.41. The molecule has 2 aliphatic rings. The molecule has 0 atom stereocenters. The molecule has 166 valence electrons. The molecule has 0 spiro atoms. The fraction of sp³-hybridized carbons (Fsp3) is 0.440. The van der Waals surface area contributed by atoms with Crippen LogP contribution in [0.25, 0.3) is 5.82 Å². The third-order valence-corrected chi connectivity index (χ3v) is 6.65. The summed E-state index contributed by atoms with van der Waals surface area (Å²) >= 11 is 0. The summed E-state index contributed by atoms with van der Waals surface area (Å²) in [4.78, 5) is 17.6. The van der Waals surface area contributed by atoms with E-state index in [9.17, 15) is 4.79 Å². The van der Waals surface area contributed by atoms with E-state index in [2.05, 4.69) is 45.3 Å². The summed E-state index contributed by atoms with van der Waals surface area (Å²) in [6.07, 6.45) is 3.79. The van der Waals surface area contributed by atoms with Gasteiger partial charge in [0.15, 0.2) is 11.6 Å². The van der Waals surface area contributed by atoms with Crippen molar-refractivity contribution in [2.75, 3.05) is 29.4 Å². The van der Waals surface area contributed by atoms with E-state index in [-0.39, 0.29) is 11.8 Å². The van der Waals surface area contributed by atoms with E-state index in [1.165, 1.54) is 11.1 Å². The Morgan fingerprint density at radius 3 is 2.38 bits per heavy atom. The molecule has 32 heavy (non-hydrogen) atoms. The van der Waals surface area contributed by atoms with Gasteiger partial charge in [0.1, 0.15) is 0 Å². The second-order valence-electron chi connectivity index (χ2n) is 9.08. The van der Waals surface area contributed by atoms with Gasteiger partial charge in [-0.1, -0.05) is 17.7 Å². The first-order chi connectivity index (χ1) is 15.5. The van der Waals surface area contributed by atoms with Crippen molar-refractivity contribution in [3.8, 4) is 5.82 Å². The fourth-order valence-corrected chi connectivity index (χ4v) is 4.99. The van der Waals surface area contributed by atoms with Crippen LogP contribution in [-0.2, 0) is 11.2 Å². The Labute approximate surface area is 189 Å². The molecule has 5 rings (SSSR count). The maximum atomic E-state index is 13.3. The molecular weight excluding hydrogens is 400 g/mol. The van der Waals surface area contributed by atoms with Gasteiger partial charge in [0.05, 0.1) is 5.69 Å². The first kappa shape index (κ1) is 20.7. The Bertz CT molecular complexity index is 1130. The van der Waals surface area contributed by atoms with Crippen molar-refractivity contribution in [3.05, 3.63) is 58.9 Å². The molecule has 4 heterocycles. The molecule has 7 heteroatoms. The molecule has 1 amide bonds. The summed E-state index contributed by atoms with van der Waals surface area (Å²) in [7, 11) is 0. The standard InChI is InChI=1S/C25H30N6O/c1-17-6-7-22-21(15-17)5-4-12-30(22)25(32)20-10-13-29(14-11-20)23-8-9-24(27-26-23)31-19(3)16-18(2)28-31/h6-9,15-16,20H,4-5,10-14H2,1-3H3. The summed E-state index contributed by atoms with van der Waals surface area (Å²) in [6.45, 7) is 8.56. The summed E-state index contributed by atoms with van der Waals surface area (Å²) in [5.74, 6) is 1.93. The average molecular weight is 431 g/mol. The number of carbonyl (C=O) groups is 1. The molecule has 7 nitrogen and oxygen atoms in total. The molecule has 1 saturated heterocycles. The number of benzene rings is 1. The van der Waals surface area contributed by atoms with Gasteiger partial charge in [-0.2, -0.15) is 5.10 Å². The second kappa shape index (κ2) is 8.37. The minimum Gasteiger partial charge on any atom is -0.355 e. The number of aromatic nitrogens is 4. The lowest BCUT2D eigenvalue weighted by Crippen LogP contribution is -2.44. The quantitative estimate of drug-likeness (QED) is 0.633. The highest BCUT2D eigenvalue weighted by molar-refractivity contribution is 5.96. The molecule has 0 N–H and O–H groups in total. The molecule has 0 unspecified atom stereocenters. The molecule has 2 aliphatic heterocycles. The van der Waals surface area contributed by atoms with Gasteiger partial charge in [0.2, 0.25) is 5.91 Å². The number of aryl methyl sites for hydroxylation is 4. The molecule has 1 fully saturated rings. The SMILES string of the molecule is Cc1ccc2c(c1)CCCN2C(=O)C1CCN(c2ccc(-n3nc(C)cc3C)nn2)CC1. The second-order valence-corrected chi connectivity index (χ2v) is 9.08. The fourth-order valence-electron chi connectivity index (χ4n) is 4.99. The van der Waals surface area contributed by atoms with Crippen LogP contribution in [0.1, 0.15) is 41.8 Å². The van der Waals surface area contributed by atoms with Gasteiger partial charge in [-0.05, 0) is 76.3 Å². The first-order valence-electron chi connectivity index (χ1n) is 11.5. The van der Waals surface area contributed by atoms with Gasteiger partial charge in [-0.15, -0.1) is 10.2 Å². The number of hydrogen-bond donors (Lipinski definition) is 0. The minimum atomic E-state index is 0.0698. The average Bonchev–Trinajstić information content (AvgIpc) is 3.16. The van der Waals surface area contributed by atoms with E-state index in [1.807, 2.05) is 41.6 Å². The number of rotatable bonds is 3. The Morgan fingerprint density at radius 2 is 1.69 bits per heavy atom. The number of fused-ring (bicyclic) bond motifs is 1. The van der Waals surface area contributed by atoms with Gasteiger partial charge in [-0.25, -0.2) is 4.68 Å². The normalized spacial score (nSPS) is 16.8. The molecule has 0 aliphatic carbocycles. The predicted octanol–water partition coefficient (Wildman–Crippen LogP) is 3.78. The van der Waals surface area contributed by atoms with Crippen molar-refractivity contribution >= 4 is 17.4 Å². The van der Waals surface area contributed by atoms with Crippen LogP contribution in [0.4, 0.5) is 11.5 Å². The summed E-state index contributed by atoms with van der Waals surface area (Å²) in [6, 6.07) is 12.5. The third-order valence-electron chi connectivity index (χ3n) is 6.65. The lowest BCUT2D eigenvalue weighted by atomic mass is 9.92. The van der Waals surface area contributed by atoms with Crippen LogP contribution in [0.2, 0.25) is 0 Å². The van der Waals surface area contributed by atoms with Crippen LogP contribution < -0.4 is 9.80 Å². The number of carbonyl (C=O) groups excluding carboxylic acids is 1. The van der Waals surface area contributed by atoms with Crippen LogP contribution in [-0.4, -0.2) is 45.5 Å². The predicted molar refractivity (Wildman–Crippen MR) is 125 cm³/mol. The number of hydrogen-bond acceptors (Lipinski definition) is 5. The third kappa shape index (κ3) is 3.87. The van der Waals surface area contributed by atoms with Crippen LogP contribution in [0.15, 0.2) is 36.4 Å². The summed E-state index contributed by atoms with van der Waals surface area (Å²) < 4.78 is 1.81. The monoisotopic (exact) mass is 430 g/mol. The van der Waals surface area contributed by atoms with Crippen LogP contribution in [0.3, 0.4) is 0 Å². The number of piperidine rings is 1. The minimum absolute atomic E-state index is 0.0698. The molecule has 1 aromatic carbocycles. The van der Waals surface area contributed by atoms with Crippen molar-refractivity contribution in [2.24, 2.45) is 5.92 Å². The Balaban J connectivity index is 1.24. The molecular formula is C25H30N6O. The number of amides is 1.